The maximum atomic E-state index is 14.9. The van der Waals surface area contributed by atoms with Crippen LogP contribution >= 0.6 is 11.6 Å². The molecular formula is C45H68ClN3O13. The Bertz CT molecular complexity index is 1770. The Hall–Kier alpha value is -3.54. The molecule has 0 radical (unpaired) electrons. The van der Waals surface area contributed by atoms with E-state index < -0.39 is 95.9 Å². The number of fused-ring (bicyclic) bond motifs is 1. The Balaban J connectivity index is 1.61. The van der Waals surface area contributed by atoms with Crippen LogP contribution in [0.25, 0.3) is 0 Å². The summed E-state index contributed by atoms with van der Waals surface area (Å²) in [5.74, 6) is -4.66. The molecule has 0 spiro atoms. The van der Waals surface area contributed by atoms with E-state index in [1.807, 2.05) is 40.0 Å². The number of benzene rings is 1. The molecule has 0 unspecified atom stereocenters. The molecular weight excluding hydrogens is 826 g/mol. The number of ketones is 1. The van der Waals surface area contributed by atoms with Gasteiger partial charge in [0.2, 0.25) is 0 Å². The number of ether oxygens (including phenoxy) is 7. The Morgan fingerprint density at radius 3 is 2.27 bits per heavy atom. The molecule has 16 nitrogen and oxygen atoms in total. The Labute approximate surface area is 371 Å². The number of carbonyl (C=O) groups excluding carboxylic acids is 5. The molecule has 4 fully saturated rings. The summed E-state index contributed by atoms with van der Waals surface area (Å²) >= 11 is 6.14. The number of esters is 1. The van der Waals surface area contributed by atoms with Gasteiger partial charge in [0.15, 0.2) is 11.9 Å². The maximum Gasteiger partial charge on any atom is 0.419 e. The number of halogens is 1. The number of imide groups is 1. The van der Waals surface area contributed by atoms with Crippen molar-refractivity contribution in [2.75, 3.05) is 33.9 Å². The van der Waals surface area contributed by atoms with Crippen LogP contribution in [0.5, 0.6) is 0 Å². The fraction of sp³-hybridized carbons (Fsp3) is 0.756. The smallest absolute Gasteiger partial charge is 0.419 e. The van der Waals surface area contributed by atoms with Gasteiger partial charge in [0.25, 0.3) is 0 Å². The van der Waals surface area contributed by atoms with Gasteiger partial charge in [-0.2, -0.15) is 0 Å². The highest BCUT2D eigenvalue weighted by Crippen LogP contribution is 2.44. The molecule has 4 heterocycles. The molecule has 4 aliphatic rings. The van der Waals surface area contributed by atoms with E-state index in [1.165, 1.54) is 7.11 Å². The number of cyclic esters (lactones) is 2. The molecule has 0 aliphatic carbocycles. The zero-order valence-corrected chi connectivity index (χ0v) is 39.1. The topological polar surface area (TPSA) is 180 Å². The van der Waals surface area contributed by atoms with Crippen molar-refractivity contribution in [3.05, 3.63) is 34.9 Å². The number of hydrogen-bond donors (Lipinski definition) is 1. The van der Waals surface area contributed by atoms with Gasteiger partial charge in [-0.05, 0) is 92.0 Å². The highest BCUT2D eigenvalue weighted by molar-refractivity contribution is 6.30. The van der Waals surface area contributed by atoms with E-state index in [0.29, 0.717) is 17.9 Å². The summed E-state index contributed by atoms with van der Waals surface area (Å²) < 4.78 is 43.2. The molecule has 14 atom stereocenters. The molecule has 0 saturated carbocycles. The van der Waals surface area contributed by atoms with Gasteiger partial charge in [0.05, 0.1) is 36.3 Å². The molecule has 4 aliphatic heterocycles. The number of carbonyl (C=O) groups is 5. The van der Waals surface area contributed by atoms with Crippen molar-refractivity contribution in [3.8, 4) is 0 Å². The molecule has 5 rings (SSSR count). The van der Waals surface area contributed by atoms with Gasteiger partial charge in [-0.1, -0.05) is 51.4 Å². The first-order chi connectivity index (χ1) is 29.1. The van der Waals surface area contributed by atoms with E-state index in [0.717, 1.165) is 10.5 Å². The third-order valence-corrected chi connectivity index (χ3v) is 14.0. The molecule has 62 heavy (non-hydrogen) atoms. The second kappa shape index (κ2) is 20.1. The standard InChI is InChI=1S/C45H68ClN3O13/c1-13-33-45(10)37(48(43(55)62-45)19-18-30-14-16-31(46)17-15-30)27(6)34(50)25(4)23-44(9,56-12)38(61-40-35(51)32(22-26(5)58-40)47(11)24(2)3)28(7)36(29(8)39(52)59-33)60-42(54)49-20-21-57-41(49)53/h14-17,24-29,32-33,35-38,40,51H,13,18-23H2,1-12H3/t25-,26-,27+,28+,29-,32+,33-,35-,36+,37-,38-,40+,44+,45-/m1/s1. The molecule has 4 saturated heterocycles. The van der Waals surface area contributed by atoms with E-state index in [1.54, 1.807) is 65.5 Å². The number of methoxy groups -OCH3 is 1. The second-order valence-electron chi connectivity index (χ2n) is 18.4. The normalized spacial score (nSPS) is 37.5. The van der Waals surface area contributed by atoms with Crippen LogP contribution in [-0.2, 0) is 49.2 Å². The predicted molar refractivity (Wildman–Crippen MR) is 227 cm³/mol. The van der Waals surface area contributed by atoms with Crippen LogP contribution in [0.15, 0.2) is 24.3 Å². The summed E-state index contributed by atoms with van der Waals surface area (Å²) in [6, 6.07) is 6.13. The lowest BCUT2D eigenvalue weighted by molar-refractivity contribution is -0.302. The van der Waals surface area contributed by atoms with Gasteiger partial charge in [0, 0.05) is 48.5 Å². The number of hydrogen-bond acceptors (Lipinski definition) is 14. The molecule has 1 N–H and O–H groups in total. The van der Waals surface area contributed by atoms with E-state index in [-0.39, 0.29) is 56.5 Å². The fourth-order valence-electron chi connectivity index (χ4n) is 9.97. The Kier molecular flexibility index (Phi) is 16.0. The second-order valence-corrected chi connectivity index (χ2v) is 18.8. The average molecular weight is 894 g/mol. The predicted octanol–water partition coefficient (Wildman–Crippen LogP) is 6.25. The lowest BCUT2D eigenvalue weighted by atomic mass is 9.73. The van der Waals surface area contributed by atoms with Crippen molar-refractivity contribution in [1.82, 2.24) is 14.7 Å². The van der Waals surface area contributed by atoms with E-state index in [9.17, 15) is 29.1 Å². The highest BCUT2D eigenvalue weighted by Gasteiger charge is 2.60. The lowest BCUT2D eigenvalue weighted by Gasteiger charge is -2.49. The quantitative estimate of drug-likeness (QED) is 0.206. The first-order valence-corrected chi connectivity index (χ1v) is 22.3. The highest BCUT2D eigenvalue weighted by atomic mass is 35.5. The van der Waals surface area contributed by atoms with E-state index >= 15 is 0 Å². The van der Waals surface area contributed by atoms with Crippen molar-refractivity contribution >= 4 is 41.6 Å². The summed E-state index contributed by atoms with van der Waals surface area (Å²) in [6.45, 7) is 18.1. The number of likely N-dealkylation sites (N-methyl/N-ethyl adjacent to an activating group) is 1. The first kappa shape index (κ1) is 49.5. The van der Waals surface area contributed by atoms with Crippen molar-refractivity contribution in [2.45, 2.75) is 161 Å². The van der Waals surface area contributed by atoms with Crippen LogP contribution < -0.4 is 0 Å². The van der Waals surface area contributed by atoms with Crippen LogP contribution in [-0.4, -0.2) is 150 Å². The van der Waals surface area contributed by atoms with Crippen LogP contribution in [0.1, 0.15) is 94.1 Å². The molecule has 1 aromatic carbocycles. The van der Waals surface area contributed by atoms with Gasteiger partial charge in [-0.3, -0.25) is 19.4 Å². The largest absolute Gasteiger partial charge is 0.458 e. The van der Waals surface area contributed by atoms with Gasteiger partial charge < -0.3 is 38.3 Å². The number of aliphatic hydroxyl groups excluding tert-OH is 1. The number of nitrogens with zero attached hydrogens (tertiary/aromatic N) is 3. The summed E-state index contributed by atoms with van der Waals surface area (Å²) in [5.41, 5.74) is -1.94. The molecule has 348 valence electrons. The van der Waals surface area contributed by atoms with Crippen LogP contribution in [0.3, 0.4) is 0 Å². The molecule has 3 amide bonds. The third kappa shape index (κ3) is 10.2. The van der Waals surface area contributed by atoms with E-state index in [2.05, 4.69) is 4.90 Å². The van der Waals surface area contributed by atoms with Gasteiger partial charge in [0.1, 0.15) is 30.7 Å². The number of rotatable bonds is 10. The SMILES string of the molecule is CC[C@H]1OC(=O)[C@H](C)[C@@H](OC(=O)N2CCOC2=O)[C@H](C)[C@@H](O[C@@H]2O[C@H](C)C[C@H](N(C)C(C)C)[C@H]2O)[C@@](C)(OC)C[C@@H](C)C(=O)[C@H](C)[C@H]2N(CCc3ccc(Cl)cc3)C(=O)O[C@]12C. The van der Waals surface area contributed by atoms with E-state index in [4.69, 9.17) is 44.8 Å². The van der Waals surface area contributed by atoms with Crippen molar-refractivity contribution < 1.29 is 62.2 Å². The minimum atomic E-state index is -1.49. The summed E-state index contributed by atoms with van der Waals surface area (Å²) in [5, 5.41) is 12.5. The fourth-order valence-corrected chi connectivity index (χ4v) is 10.1. The van der Waals surface area contributed by atoms with Crippen LogP contribution in [0.4, 0.5) is 14.4 Å². The number of amides is 3. The van der Waals surface area contributed by atoms with Crippen molar-refractivity contribution in [3.63, 3.8) is 0 Å². The Morgan fingerprint density at radius 1 is 1.03 bits per heavy atom. The molecule has 17 heteroatoms. The zero-order chi connectivity index (χ0) is 46.0. The number of Topliss-reactive ketones (excluding diaryl/α,β-unsaturated/α-hetero) is 1. The summed E-state index contributed by atoms with van der Waals surface area (Å²) in [7, 11) is 3.40. The zero-order valence-electron chi connectivity index (χ0n) is 38.3. The molecule has 1 aromatic rings. The molecule has 0 bridgehead atoms. The van der Waals surface area contributed by atoms with Crippen molar-refractivity contribution in [2.24, 2.45) is 23.7 Å². The van der Waals surface area contributed by atoms with Crippen LogP contribution in [0, 0.1) is 23.7 Å². The van der Waals surface area contributed by atoms with Gasteiger partial charge >= 0.3 is 24.2 Å². The van der Waals surface area contributed by atoms with Gasteiger partial charge in [-0.25, -0.2) is 19.3 Å². The van der Waals surface area contributed by atoms with Gasteiger partial charge in [-0.15, -0.1) is 0 Å². The monoisotopic (exact) mass is 893 g/mol. The van der Waals surface area contributed by atoms with Crippen LogP contribution in [0.2, 0.25) is 5.02 Å². The average Bonchev–Trinajstić information content (AvgIpc) is 3.78. The first-order valence-electron chi connectivity index (χ1n) is 22.0. The minimum absolute atomic E-state index is 0.0297. The lowest BCUT2D eigenvalue weighted by Crippen LogP contribution is -2.61. The summed E-state index contributed by atoms with van der Waals surface area (Å²) in [4.78, 5) is 74.3. The molecule has 0 aromatic heterocycles. The third-order valence-electron chi connectivity index (χ3n) is 13.8. The minimum Gasteiger partial charge on any atom is -0.458 e. The summed E-state index contributed by atoms with van der Waals surface area (Å²) in [6.07, 6.45) is -7.54. The maximum absolute atomic E-state index is 14.9. The van der Waals surface area contributed by atoms with Crippen molar-refractivity contribution in [1.29, 1.82) is 0 Å². The number of aliphatic hydroxyl groups is 1. The Morgan fingerprint density at radius 2 is 1.69 bits per heavy atom.